The standard InChI is InChI=1S/C13H20O2/c1-13(2,15-3)10-12(14)9-11-7-5-4-6-8-11/h4-8,12,14H,9-10H2,1-3H3. The maximum absolute atomic E-state index is 9.89. The van der Waals surface area contributed by atoms with Gasteiger partial charge < -0.3 is 9.84 Å². The van der Waals surface area contributed by atoms with E-state index in [9.17, 15) is 5.11 Å². The number of hydrogen-bond donors (Lipinski definition) is 1. The molecule has 1 aromatic carbocycles. The van der Waals surface area contributed by atoms with E-state index in [1.54, 1.807) is 7.11 Å². The van der Waals surface area contributed by atoms with Crippen molar-refractivity contribution < 1.29 is 9.84 Å². The van der Waals surface area contributed by atoms with Gasteiger partial charge in [0.05, 0.1) is 11.7 Å². The Balaban J connectivity index is 2.46. The van der Waals surface area contributed by atoms with Gasteiger partial charge in [0, 0.05) is 13.5 Å². The molecule has 1 atom stereocenters. The molecule has 0 spiro atoms. The van der Waals surface area contributed by atoms with Crippen molar-refractivity contribution in [3.8, 4) is 0 Å². The van der Waals surface area contributed by atoms with Gasteiger partial charge in [-0.25, -0.2) is 0 Å². The highest BCUT2D eigenvalue weighted by Gasteiger charge is 2.21. The Morgan fingerprint density at radius 2 is 1.87 bits per heavy atom. The maximum atomic E-state index is 9.89. The molecule has 2 nitrogen and oxygen atoms in total. The SMILES string of the molecule is COC(C)(C)CC(O)Cc1ccccc1. The van der Waals surface area contributed by atoms with Crippen molar-refractivity contribution in [3.05, 3.63) is 35.9 Å². The average Bonchev–Trinajstić information content (AvgIpc) is 2.18. The summed E-state index contributed by atoms with van der Waals surface area (Å²) in [5, 5.41) is 9.89. The minimum absolute atomic E-state index is 0.256. The van der Waals surface area contributed by atoms with E-state index in [1.807, 2.05) is 44.2 Å². The lowest BCUT2D eigenvalue weighted by Gasteiger charge is -2.25. The summed E-state index contributed by atoms with van der Waals surface area (Å²) in [6.07, 6.45) is 0.994. The fraction of sp³-hybridized carbons (Fsp3) is 0.538. The molecule has 0 heterocycles. The fourth-order valence-electron chi connectivity index (χ4n) is 1.61. The van der Waals surface area contributed by atoms with Crippen LogP contribution in [0.1, 0.15) is 25.8 Å². The Labute approximate surface area is 91.9 Å². The highest BCUT2D eigenvalue weighted by Crippen LogP contribution is 2.17. The van der Waals surface area contributed by atoms with E-state index >= 15 is 0 Å². The number of hydrogen-bond acceptors (Lipinski definition) is 2. The van der Waals surface area contributed by atoms with Crippen LogP contribution in [0.3, 0.4) is 0 Å². The van der Waals surface area contributed by atoms with Gasteiger partial charge in [-0.05, 0) is 25.8 Å². The third kappa shape index (κ3) is 4.45. The molecule has 0 aromatic heterocycles. The molecule has 1 rings (SSSR count). The van der Waals surface area contributed by atoms with Gasteiger partial charge in [0.15, 0.2) is 0 Å². The molecule has 0 amide bonds. The summed E-state index contributed by atoms with van der Waals surface area (Å²) >= 11 is 0. The van der Waals surface area contributed by atoms with Crippen LogP contribution in [0.5, 0.6) is 0 Å². The van der Waals surface area contributed by atoms with Crippen LogP contribution in [-0.4, -0.2) is 23.9 Å². The van der Waals surface area contributed by atoms with Gasteiger partial charge >= 0.3 is 0 Å². The van der Waals surface area contributed by atoms with E-state index < -0.39 is 0 Å². The van der Waals surface area contributed by atoms with E-state index in [2.05, 4.69) is 0 Å². The third-order valence-corrected chi connectivity index (χ3v) is 2.59. The van der Waals surface area contributed by atoms with Crippen LogP contribution in [0.4, 0.5) is 0 Å². The van der Waals surface area contributed by atoms with E-state index in [4.69, 9.17) is 4.74 Å². The molecule has 84 valence electrons. The van der Waals surface area contributed by atoms with Crippen LogP contribution in [0.2, 0.25) is 0 Å². The maximum Gasteiger partial charge on any atom is 0.0647 e. The summed E-state index contributed by atoms with van der Waals surface area (Å²) in [6, 6.07) is 10.0. The van der Waals surface area contributed by atoms with Gasteiger partial charge in [0.1, 0.15) is 0 Å². The molecule has 0 aliphatic heterocycles. The number of aliphatic hydroxyl groups excluding tert-OH is 1. The molecule has 1 unspecified atom stereocenters. The topological polar surface area (TPSA) is 29.5 Å². The quantitative estimate of drug-likeness (QED) is 0.805. The van der Waals surface area contributed by atoms with Crippen LogP contribution in [0.15, 0.2) is 30.3 Å². The van der Waals surface area contributed by atoms with E-state index in [0.717, 1.165) is 5.56 Å². The summed E-state index contributed by atoms with van der Waals surface area (Å²) < 4.78 is 5.29. The van der Waals surface area contributed by atoms with Crippen molar-refractivity contribution in [2.24, 2.45) is 0 Å². The Morgan fingerprint density at radius 3 is 2.40 bits per heavy atom. The van der Waals surface area contributed by atoms with Crippen molar-refractivity contribution in [3.63, 3.8) is 0 Å². The molecular weight excluding hydrogens is 188 g/mol. The van der Waals surface area contributed by atoms with Crippen molar-refractivity contribution in [2.75, 3.05) is 7.11 Å². The van der Waals surface area contributed by atoms with E-state index in [0.29, 0.717) is 12.8 Å². The molecule has 0 fully saturated rings. The van der Waals surface area contributed by atoms with Crippen molar-refractivity contribution in [2.45, 2.75) is 38.4 Å². The number of ether oxygens (including phenoxy) is 1. The average molecular weight is 208 g/mol. The van der Waals surface area contributed by atoms with Gasteiger partial charge in [0.25, 0.3) is 0 Å². The number of benzene rings is 1. The summed E-state index contributed by atoms with van der Waals surface area (Å²) in [5.41, 5.74) is 0.908. The Morgan fingerprint density at radius 1 is 1.27 bits per heavy atom. The van der Waals surface area contributed by atoms with E-state index in [1.165, 1.54) is 0 Å². The van der Waals surface area contributed by atoms with Crippen LogP contribution in [-0.2, 0) is 11.2 Å². The molecule has 0 saturated carbocycles. The monoisotopic (exact) mass is 208 g/mol. The second-order valence-corrected chi connectivity index (χ2v) is 4.51. The third-order valence-electron chi connectivity index (χ3n) is 2.59. The molecule has 1 aromatic rings. The zero-order valence-corrected chi connectivity index (χ0v) is 9.73. The highest BCUT2D eigenvalue weighted by molar-refractivity contribution is 5.15. The predicted molar refractivity (Wildman–Crippen MR) is 61.9 cm³/mol. The Kier molecular flexibility index (Phi) is 4.30. The van der Waals surface area contributed by atoms with Gasteiger partial charge in [0.2, 0.25) is 0 Å². The molecule has 15 heavy (non-hydrogen) atoms. The molecule has 0 radical (unpaired) electrons. The lowest BCUT2D eigenvalue weighted by Crippen LogP contribution is -2.29. The van der Waals surface area contributed by atoms with Crippen molar-refractivity contribution >= 4 is 0 Å². The van der Waals surface area contributed by atoms with Gasteiger partial charge in [-0.15, -0.1) is 0 Å². The first-order chi connectivity index (χ1) is 7.03. The number of rotatable bonds is 5. The molecule has 0 saturated heterocycles. The van der Waals surface area contributed by atoms with Gasteiger partial charge in [-0.2, -0.15) is 0 Å². The van der Waals surface area contributed by atoms with E-state index in [-0.39, 0.29) is 11.7 Å². The zero-order valence-electron chi connectivity index (χ0n) is 9.73. The smallest absolute Gasteiger partial charge is 0.0647 e. The minimum Gasteiger partial charge on any atom is -0.393 e. The van der Waals surface area contributed by atoms with Gasteiger partial charge in [-0.1, -0.05) is 30.3 Å². The Hall–Kier alpha value is -0.860. The fourth-order valence-corrected chi connectivity index (χ4v) is 1.61. The first-order valence-electron chi connectivity index (χ1n) is 5.30. The van der Waals surface area contributed by atoms with Crippen LogP contribution >= 0.6 is 0 Å². The summed E-state index contributed by atoms with van der Waals surface area (Å²) in [4.78, 5) is 0. The molecule has 1 N–H and O–H groups in total. The molecule has 0 aliphatic carbocycles. The zero-order chi connectivity index (χ0) is 11.3. The van der Waals surface area contributed by atoms with Crippen molar-refractivity contribution in [1.29, 1.82) is 0 Å². The molecule has 2 heteroatoms. The second-order valence-electron chi connectivity index (χ2n) is 4.51. The predicted octanol–water partition coefficient (Wildman–Crippen LogP) is 2.41. The Bertz CT molecular complexity index is 280. The number of aliphatic hydroxyl groups is 1. The molecule has 0 bridgehead atoms. The first kappa shape index (κ1) is 12.2. The molecule has 0 aliphatic rings. The summed E-state index contributed by atoms with van der Waals surface area (Å²) in [7, 11) is 1.68. The lowest BCUT2D eigenvalue weighted by molar-refractivity contribution is -0.0190. The first-order valence-corrected chi connectivity index (χ1v) is 5.30. The highest BCUT2D eigenvalue weighted by atomic mass is 16.5. The normalized spacial score (nSPS) is 13.9. The van der Waals surface area contributed by atoms with Crippen LogP contribution < -0.4 is 0 Å². The van der Waals surface area contributed by atoms with Gasteiger partial charge in [-0.3, -0.25) is 0 Å². The summed E-state index contributed by atoms with van der Waals surface area (Å²) in [5.74, 6) is 0. The summed E-state index contributed by atoms with van der Waals surface area (Å²) in [6.45, 7) is 3.97. The minimum atomic E-state index is -0.345. The molecular formula is C13H20O2. The second kappa shape index (κ2) is 5.29. The van der Waals surface area contributed by atoms with Crippen LogP contribution in [0, 0.1) is 0 Å². The largest absolute Gasteiger partial charge is 0.393 e. The van der Waals surface area contributed by atoms with Crippen LogP contribution in [0.25, 0.3) is 0 Å². The lowest BCUT2D eigenvalue weighted by atomic mass is 9.96. The number of methoxy groups -OCH3 is 1. The van der Waals surface area contributed by atoms with Crippen molar-refractivity contribution in [1.82, 2.24) is 0 Å².